The first kappa shape index (κ1) is 16.9. The summed E-state index contributed by atoms with van der Waals surface area (Å²) in [5.74, 6) is 0.236. The van der Waals surface area contributed by atoms with Gasteiger partial charge in [-0.1, -0.05) is 6.08 Å². The van der Waals surface area contributed by atoms with Crippen LogP contribution < -0.4 is 10.2 Å². The molecule has 6 nitrogen and oxygen atoms in total. The summed E-state index contributed by atoms with van der Waals surface area (Å²) < 4.78 is 37.4. The Balaban J connectivity index is 1.61. The predicted octanol–water partition coefficient (Wildman–Crippen LogP) is 2.67. The minimum absolute atomic E-state index is 0.215. The predicted molar refractivity (Wildman–Crippen MR) is 84.8 cm³/mol. The van der Waals surface area contributed by atoms with Crippen LogP contribution in [0.1, 0.15) is 12.1 Å². The molecule has 130 valence electrons. The van der Waals surface area contributed by atoms with E-state index in [0.29, 0.717) is 31.0 Å². The largest absolute Gasteiger partial charge is 0.433 e. The number of carbonyl (C=O) groups is 1. The summed E-state index contributed by atoms with van der Waals surface area (Å²) in [6.07, 6.45) is 2.02. The Morgan fingerprint density at radius 2 is 1.92 bits per heavy atom. The van der Waals surface area contributed by atoms with Gasteiger partial charge in [0, 0.05) is 31.1 Å². The molecule has 25 heavy (non-hydrogen) atoms. The summed E-state index contributed by atoms with van der Waals surface area (Å²) in [7, 11) is 0. The molecule has 0 atom stereocenters. The van der Waals surface area contributed by atoms with E-state index < -0.39 is 11.9 Å². The first-order chi connectivity index (χ1) is 11.9. The number of anilines is 2. The molecule has 0 saturated heterocycles. The lowest BCUT2D eigenvalue weighted by Crippen LogP contribution is -2.32. The second-order valence-electron chi connectivity index (χ2n) is 5.36. The molecule has 3 rings (SSSR count). The van der Waals surface area contributed by atoms with E-state index in [1.165, 1.54) is 6.07 Å². The van der Waals surface area contributed by atoms with Crippen molar-refractivity contribution in [2.45, 2.75) is 12.6 Å². The summed E-state index contributed by atoms with van der Waals surface area (Å²) in [4.78, 5) is 25.8. The zero-order valence-corrected chi connectivity index (χ0v) is 13.0. The number of pyridine rings is 1. The van der Waals surface area contributed by atoms with Crippen LogP contribution in [-0.2, 0) is 11.0 Å². The van der Waals surface area contributed by atoms with Crippen molar-refractivity contribution in [3.63, 3.8) is 0 Å². The lowest BCUT2D eigenvalue weighted by molar-refractivity contribution is -0.141. The van der Waals surface area contributed by atoms with Crippen LogP contribution in [0.4, 0.5) is 24.8 Å². The van der Waals surface area contributed by atoms with E-state index >= 15 is 0 Å². The minimum atomic E-state index is -4.50. The van der Waals surface area contributed by atoms with Gasteiger partial charge in [0.25, 0.3) is 5.91 Å². The molecule has 3 heterocycles. The van der Waals surface area contributed by atoms with Crippen LogP contribution in [0.5, 0.6) is 0 Å². The van der Waals surface area contributed by atoms with Crippen molar-refractivity contribution >= 4 is 17.5 Å². The first-order valence-electron chi connectivity index (χ1n) is 7.49. The molecule has 0 aliphatic carbocycles. The molecule has 1 N–H and O–H groups in total. The van der Waals surface area contributed by atoms with E-state index in [4.69, 9.17) is 0 Å². The van der Waals surface area contributed by atoms with E-state index in [1.54, 1.807) is 24.5 Å². The lowest BCUT2D eigenvalue weighted by atomic mass is 10.1. The van der Waals surface area contributed by atoms with Crippen LogP contribution >= 0.6 is 0 Å². The van der Waals surface area contributed by atoms with Gasteiger partial charge < -0.3 is 10.2 Å². The molecule has 1 amide bonds. The summed E-state index contributed by atoms with van der Waals surface area (Å²) in [6.45, 7) is 1.06. The fourth-order valence-corrected chi connectivity index (χ4v) is 2.36. The Bertz CT molecular complexity index is 775. The molecule has 0 bridgehead atoms. The maximum Gasteiger partial charge on any atom is 0.433 e. The number of amides is 1. The molecule has 1 aliphatic heterocycles. The highest BCUT2D eigenvalue weighted by atomic mass is 19.4. The molecule has 9 heteroatoms. The molecule has 0 spiro atoms. The number of rotatable bonds is 3. The number of aromatic nitrogens is 3. The quantitative estimate of drug-likeness (QED) is 0.922. The highest BCUT2D eigenvalue weighted by molar-refractivity contribution is 6.03. The minimum Gasteiger partial charge on any atom is -0.337 e. The van der Waals surface area contributed by atoms with Crippen molar-refractivity contribution in [1.82, 2.24) is 15.0 Å². The molecule has 0 saturated carbocycles. The first-order valence-corrected chi connectivity index (χ1v) is 7.49. The maximum atomic E-state index is 12.5. The summed E-state index contributed by atoms with van der Waals surface area (Å²) in [5, 5.41) is 2.56. The van der Waals surface area contributed by atoms with Crippen LogP contribution in [0.2, 0.25) is 0 Å². The molecule has 0 unspecified atom stereocenters. The number of nitrogens with one attached hydrogen (secondary N) is 1. The van der Waals surface area contributed by atoms with Crippen molar-refractivity contribution in [1.29, 1.82) is 0 Å². The van der Waals surface area contributed by atoms with E-state index in [2.05, 4.69) is 20.3 Å². The highest BCUT2D eigenvalue weighted by Gasteiger charge is 2.32. The van der Waals surface area contributed by atoms with Crippen LogP contribution in [0.25, 0.3) is 0 Å². The van der Waals surface area contributed by atoms with Crippen molar-refractivity contribution in [3.05, 3.63) is 54.1 Å². The molecule has 0 radical (unpaired) electrons. The topological polar surface area (TPSA) is 71.0 Å². The smallest absolute Gasteiger partial charge is 0.337 e. The van der Waals surface area contributed by atoms with Gasteiger partial charge in [0.2, 0.25) is 5.95 Å². The van der Waals surface area contributed by atoms with Gasteiger partial charge in [0.1, 0.15) is 5.69 Å². The van der Waals surface area contributed by atoms with Crippen molar-refractivity contribution < 1.29 is 18.0 Å². The van der Waals surface area contributed by atoms with E-state index in [9.17, 15) is 18.0 Å². The number of nitrogens with zero attached hydrogens (tertiary/aromatic N) is 4. The number of halogens is 3. The van der Waals surface area contributed by atoms with Gasteiger partial charge in [-0.2, -0.15) is 13.2 Å². The van der Waals surface area contributed by atoms with Crippen LogP contribution in [-0.4, -0.2) is 33.9 Å². The van der Waals surface area contributed by atoms with Gasteiger partial charge in [-0.15, -0.1) is 0 Å². The third-order valence-corrected chi connectivity index (χ3v) is 3.65. The molecular formula is C16H14F3N5O. The SMILES string of the molecule is O=C(Nc1ccc(C(F)(F)F)nc1)C1=CCN(c2ncccn2)CC1. The molecule has 2 aromatic rings. The van der Waals surface area contributed by atoms with Crippen molar-refractivity contribution in [2.75, 3.05) is 23.3 Å². The second-order valence-corrected chi connectivity index (χ2v) is 5.36. The zero-order chi connectivity index (χ0) is 17.9. The number of hydrogen-bond acceptors (Lipinski definition) is 5. The fourth-order valence-electron chi connectivity index (χ4n) is 2.36. The molecule has 0 aromatic carbocycles. The zero-order valence-electron chi connectivity index (χ0n) is 13.0. The fraction of sp³-hybridized carbons (Fsp3) is 0.250. The van der Waals surface area contributed by atoms with Gasteiger partial charge in [0.15, 0.2) is 0 Å². The van der Waals surface area contributed by atoms with Gasteiger partial charge in [0.05, 0.1) is 11.9 Å². The van der Waals surface area contributed by atoms with E-state index in [1.807, 2.05) is 4.90 Å². The van der Waals surface area contributed by atoms with Gasteiger partial charge >= 0.3 is 6.18 Å². The number of alkyl halides is 3. The highest BCUT2D eigenvalue weighted by Crippen LogP contribution is 2.28. The molecule has 0 fully saturated rings. The molecule has 1 aliphatic rings. The number of hydrogen-bond donors (Lipinski definition) is 1. The van der Waals surface area contributed by atoms with Gasteiger partial charge in [-0.3, -0.25) is 4.79 Å². The van der Waals surface area contributed by atoms with Crippen molar-refractivity contribution in [2.24, 2.45) is 0 Å². The Morgan fingerprint density at radius 3 is 2.48 bits per heavy atom. The van der Waals surface area contributed by atoms with Crippen LogP contribution in [0, 0.1) is 0 Å². The maximum absolute atomic E-state index is 12.5. The second kappa shape index (κ2) is 6.88. The Labute approximate surface area is 141 Å². The van der Waals surface area contributed by atoms with Gasteiger partial charge in [-0.05, 0) is 24.6 Å². The van der Waals surface area contributed by atoms with Gasteiger partial charge in [-0.25, -0.2) is 15.0 Å². The Morgan fingerprint density at radius 1 is 1.16 bits per heavy atom. The van der Waals surface area contributed by atoms with E-state index in [0.717, 1.165) is 12.3 Å². The van der Waals surface area contributed by atoms with Crippen molar-refractivity contribution in [3.8, 4) is 0 Å². The summed E-state index contributed by atoms with van der Waals surface area (Å²) in [6, 6.07) is 3.74. The summed E-state index contributed by atoms with van der Waals surface area (Å²) in [5.41, 5.74) is -0.222. The van der Waals surface area contributed by atoms with Crippen LogP contribution in [0.3, 0.4) is 0 Å². The number of carbonyl (C=O) groups excluding carboxylic acids is 1. The third kappa shape index (κ3) is 4.11. The Kier molecular flexibility index (Phi) is 4.64. The van der Waals surface area contributed by atoms with E-state index in [-0.39, 0.29) is 11.6 Å². The standard InChI is InChI=1S/C16H14F3N5O/c17-16(18,19)13-3-2-12(10-22-13)23-14(25)11-4-8-24(9-5-11)15-20-6-1-7-21-15/h1-4,6-7,10H,5,8-9H2,(H,23,25). The summed E-state index contributed by atoms with van der Waals surface area (Å²) >= 11 is 0. The third-order valence-electron chi connectivity index (χ3n) is 3.65. The normalized spacial score (nSPS) is 14.8. The average Bonchev–Trinajstić information content (AvgIpc) is 2.62. The molecular weight excluding hydrogens is 335 g/mol. The Hall–Kier alpha value is -2.97. The lowest BCUT2D eigenvalue weighted by Gasteiger charge is -2.25. The molecule has 2 aromatic heterocycles. The monoisotopic (exact) mass is 349 g/mol. The van der Waals surface area contributed by atoms with Crippen LogP contribution in [0.15, 0.2) is 48.4 Å². The average molecular weight is 349 g/mol.